The van der Waals surface area contributed by atoms with Gasteiger partial charge in [0.05, 0.1) is 4.90 Å². The van der Waals surface area contributed by atoms with Gasteiger partial charge in [-0.15, -0.1) is 5.10 Å². The lowest BCUT2D eigenvalue weighted by atomic mass is 10.4. The van der Waals surface area contributed by atoms with Gasteiger partial charge in [-0.05, 0) is 34.1 Å². The van der Waals surface area contributed by atoms with E-state index in [1.54, 1.807) is 18.2 Å². The Kier molecular flexibility index (Phi) is 5.77. The maximum atomic E-state index is 12.5. The number of hydrogen-bond donors (Lipinski definition) is 0. The van der Waals surface area contributed by atoms with Crippen LogP contribution in [0.1, 0.15) is 0 Å². The molecule has 1 aromatic heterocycles. The smallest absolute Gasteiger partial charge is 0.272 e. The molecular weight excluding hydrogens is 398 g/mol. The molecule has 2 aromatic rings. The van der Waals surface area contributed by atoms with E-state index in [2.05, 4.69) is 45.7 Å². The van der Waals surface area contributed by atoms with Crippen LogP contribution in [0.5, 0.6) is 0 Å². The van der Waals surface area contributed by atoms with Crippen LogP contribution in [0.25, 0.3) is 0 Å². The minimum absolute atomic E-state index is 0.169. The summed E-state index contributed by atoms with van der Waals surface area (Å²) < 4.78 is 32.2. The molecule has 126 valence electrons. The first-order valence-corrected chi connectivity index (χ1v) is 13.2. The molecule has 0 atom stereocenters. The van der Waals surface area contributed by atoms with Crippen LogP contribution in [0, 0.1) is 0 Å². The molecule has 0 spiro atoms. The lowest BCUT2D eigenvalue weighted by Gasteiger charge is -2.15. The number of nitrogens with zero attached hydrogens (tertiary/aromatic N) is 3. The molecule has 0 fully saturated rings. The monoisotopic (exact) mass is 417 g/mol. The summed E-state index contributed by atoms with van der Waals surface area (Å²) in [5.41, 5.74) is 0. The van der Waals surface area contributed by atoms with E-state index in [9.17, 15) is 8.42 Å². The van der Waals surface area contributed by atoms with E-state index < -0.39 is 17.9 Å². The quantitative estimate of drug-likeness (QED) is 0.510. The Bertz CT molecular complexity index is 757. The predicted molar refractivity (Wildman–Crippen MR) is 93.7 cm³/mol. The molecular formula is C14H20BrN3O3SSi. The zero-order valence-corrected chi connectivity index (χ0v) is 16.8. The number of hydrogen-bond acceptors (Lipinski definition) is 5. The molecule has 0 N–H and O–H groups in total. The van der Waals surface area contributed by atoms with Crippen molar-refractivity contribution in [2.45, 2.75) is 42.5 Å². The molecule has 0 aliphatic heterocycles. The van der Waals surface area contributed by atoms with Crippen LogP contribution >= 0.6 is 15.9 Å². The third-order valence-electron chi connectivity index (χ3n) is 3.11. The van der Waals surface area contributed by atoms with E-state index in [0.717, 1.165) is 6.04 Å². The van der Waals surface area contributed by atoms with Gasteiger partial charge in [0.2, 0.25) is 9.84 Å². The molecule has 0 saturated carbocycles. The molecule has 1 heterocycles. The molecule has 2 rings (SSSR count). The van der Waals surface area contributed by atoms with Crippen molar-refractivity contribution >= 4 is 33.8 Å². The van der Waals surface area contributed by atoms with Gasteiger partial charge >= 0.3 is 0 Å². The number of rotatable bonds is 7. The lowest BCUT2D eigenvalue weighted by molar-refractivity contribution is 0.0759. The molecule has 0 aliphatic rings. The highest BCUT2D eigenvalue weighted by Crippen LogP contribution is 2.19. The Hall–Kier alpha value is -1.03. The van der Waals surface area contributed by atoms with Crippen molar-refractivity contribution in [1.29, 1.82) is 0 Å². The summed E-state index contributed by atoms with van der Waals surface area (Å²) in [5, 5.41) is 3.82. The second-order valence-electron chi connectivity index (χ2n) is 6.33. The van der Waals surface area contributed by atoms with Gasteiger partial charge in [-0.2, -0.15) is 4.98 Å². The second kappa shape index (κ2) is 7.25. The molecule has 0 aliphatic carbocycles. The van der Waals surface area contributed by atoms with Crippen molar-refractivity contribution in [3.05, 3.63) is 35.1 Å². The van der Waals surface area contributed by atoms with Crippen LogP contribution in [0.2, 0.25) is 25.7 Å². The maximum Gasteiger partial charge on any atom is 0.272 e. The van der Waals surface area contributed by atoms with Gasteiger partial charge in [-0.3, -0.25) is 0 Å². The number of ether oxygens (including phenoxy) is 1. The van der Waals surface area contributed by atoms with E-state index in [-0.39, 0.29) is 16.8 Å². The van der Waals surface area contributed by atoms with Gasteiger partial charge in [-0.1, -0.05) is 37.8 Å². The van der Waals surface area contributed by atoms with Crippen LogP contribution in [-0.4, -0.2) is 37.9 Å². The number of aromatic nitrogens is 3. The SMILES string of the molecule is C[Si](C)(C)CCOCn1nc(S(=O)(=O)c2ccccc2)nc1Br. The van der Waals surface area contributed by atoms with Crippen molar-refractivity contribution in [3.63, 3.8) is 0 Å². The summed E-state index contributed by atoms with van der Waals surface area (Å²) in [5.74, 6) is 0. The fourth-order valence-electron chi connectivity index (χ4n) is 1.73. The fourth-order valence-corrected chi connectivity index (χ4v) is 4.10. The Morgan fingerprint density at radius 2 is 1.87 bits per heavy atom. The Labute approximate surface area is 145 Å². The molecule has 0 bridgehead atoms. The van der Waals surface area contributed by atoms with Gasteiger partial charge in [0, 0.05) is 14.7 Å². The largest absolute Gasteiger partial charge is 0.359 e. The van der Waals surface area contributed by atoms with Crippen LogP contribution < -0.4 is 0 Å². The van der Waals surface area contributed by atoms with Gasteiger partial charge in [0.1, 0.15) is 6.73 Å². The van der Waals surface area contributed by atoms with Crippen LogP contribution in [0.3, 0.4) is 0 Å². The van der Waals surface area contributed by atoms with Gasteiger partial charge < -0.3 is 4.74 Å². The number of benzene rings is 1. The summed E-state index contributed by atoms with van der Waals surface area (Å²) in [6.07, 6.45) is 0. The zero-order valence-electron chi connectivity index (χ0n) is 13.4. The topological polar surface area (TPSA) is 74.1 Å². The first-order valence-electron chi connectivity index (χ1n) is 7.18. The third kappa shape index (κ3) is 4.97. The average molecular weight is 418 g/mol. The molecule has 1 aromatic carbocycles. The normalized spacial score (nSPS) is 12.5. The Balaban J connectivity index is 2.09. The zero-order chi connectivity index (χ0) is 17.1. The highest BCUT2D eigenvalue weighted by Gasteiger charge is 2.24. The van der Waals surface area contributed by atoms with Crippen molar-refractivity contribution in [2.75, 3.05) is 6.61 Å². The molecule has 0 unspecified atom stereocenters. The van der Waals surface area contributed by atoms with Crippen molar-refractivity contribution in [1.82, 2.24) is 14.8 Å². The standard InChI is InChI=1S/C14H20BrN3O3SSi/c1-23(2,3)10-9-21-11-18-13(15)16-14(17-18)22(19,20)12-7-5-4-6-8-12/h4-8H,9-11H2,1-3H3. The minimum Gasteiger partial charge on any atom is -0.359 e. The minimum atomic E-state index is -3.72. The molecule has 0 saturated heterocycles. The van der Waals surface area contributed by atoms with E-state index in [1.807, 2.05) is 0 Å². The van der Waals surface area contributed by atoms with Crippen LogP contribution in [0.4, 0.5) is 0 Å². The lowest BCUT2D eigenvalue weighted by Crippen LogP contribution is -2.22. The van der Waals surface area contributed by atoms with Gasteiger partial charge in [0.25, 0.3) is 5.16 Å². The maximum absolute atomic E-state index is 12.5. The molecule has 23 heavy (non-hydrogen) atoms. The number of sulfone groups is 1. The Morgan fingerprint density at radius 3 is 2.48 bits per heavy atom. The summed E-state index contributed by atoms with van der Waals surface area (Å²) in [7, 11) is -4.87. The summed E-state index contributed by atoms with van der Waals surface area (Å²) >= 11 is 3.23. The van der Waals surface area contributed by atoms with E-state index in [1.165, 1.54) is 16.8 Å². The molecule has 9 heteroatoms. The molecule has 0 radical (unpaired) electrons. The number of halogens is 1. The van der Waals surface area contributed by atoms with Crippen molar-refractivity contribution in [2.24, 2.45) is 0 Å². The molecule has 0 amide bonds. The third-order valence-corrected chi connectivity index (χ3v) is 6.95. The predicted octanol–water partition coefficient (Wildman–Crippen LogP) is 3.19. The van der Waals surface area contributed by atoms with Crippen molar-refractivity contribution < 1.29 is 13.2 Å². The second-order valence-corrected chi connectivity index (χ2v) is 14.5. The Morgan fingerprint density at radius 1 is 1.22 bits per heavy atom. The van der Waals surface area contributed by atoms with Crippen LogP contribution in [-0.2, 0) is 21.3 Å². The average Bonchev–Trinajstić information content (AvgIpc) is 2.86. The van der Waals surface area contributed by atoms with E-state index in [4.69, 9.17) is 4.74 Å². The van der Waals surface area contributed by atoms with E-state index >= 15 is 0 Å². The van der Waals surface area contributed by atoms with Crippen molar-refractivity contribution in [3.8, 4) is 0 Å². The molecule has 6 nitrogen and oxygen atoms in total. The van der Waals surface area contributed by atoms with Crippen LogP contribution in [0.15, 0.2) is 45.1 Å². The highest BCUT2D eigenvalue weighted by atomic mass is 79.9. The highest BCUT2D eigenvalue weighted by molar-refractivity contribution is 9.10. The summed E-state index contributed by atoms with van der Waals surface area (Å²) in [6.45, 7) is 7.61. The van der Waals surface area contributed by atoms with Gasteiger partial charge in [0.15, 0.2) is 4.73 Å². The fraction of sp³-hybridized carbons (Fsp3) is 0.429. The van der Waals surface area contributed by atoms with E-state index in [0.29, 0.717) is 11.3 Å². The first-order chi connectivity index (χ1) is 10.7. The first kappa shape index (κ1) is 18.3. The van der Waals surface area contributed by atoms with Gasteiger partial charge in [-0.25, -0.2) is 13.1 Å². The summed E-state index contributed by atoms with van der Waals surface area (Å²) in [4.78, 5) is 4.17. The summed E-state index contributed by atoms with van der Waals surface area (Å²) in [6, 6.07) is 9.17.